The zero-order chi connectivity index (χ0) is 36.2. The number of nitrogens with two attached hydrogens (primary N) is 2. The number of anilines is 2. The number of rotatable bonds is 9. The van der Waals surface area contributed by atoms with E-state index < -0.39 is 19.3 Å². The Labute approximate surface area is 282 Å². The van der Waals surface area contributed by atoms with Gasteiger partial charge in [0.15, 0.2) is 0 Å². The molecule has 262 valence electrons. The predicted octanol–water partition coefficient (Wildman–Crippen LogP) is 7.25. The number of nitrogens with zero attached hydrogens (tertiary/aromatic N) is 6. The molecular weight excluding hydrogens is 680 g/mol. The summed E-state index contributed by atoms with van der Waals surface area (Å²) in [7, 11) is 3.25. The molecule has 0 unspecified atom stereocenters. The minimum Gasteiger partial charge on any atom is -0.497 e. The second kappa shape index (κ2) is 21.6. The van der Waals surface area contributed by atoms with Crippen molar-refractivity contribution in [1.29, 1.82) is 0 Å². The topological polar surface area (TPSA) is 160 Å². The Kier molecular flexibility index (Phi) is 17.5. The summed E-state index contributed by atoms with van der Waals surface area (Å²) in [6.45, 7) is 1.12. The Morgan fingerprint density at radius 3 is 1.43 bits per heavy atom. The van der Waals surface area contributed by atoms with Crippen LogP contribution in [-0.4, -0.2) is 44.1 Å². The van der Waals surface area contributed by atoms with E-state index in [1.165, 1.54) is 6.20 Å². The van der Waals surface area contributed by atoms with E-state index in [1.807, 2.05) is 48.5 Å². The molecule has 0 saturated heterocycles. The fourth-order valence-electron chi connectivity index (χ4n) is 3.14. The SMILES string of the molecule is COc1ccc(CN)cc1.COc1ccc(CNc2cnc(C(F)F)cn2)cc1.FC(F)c1cnc(Cl)cn1.Nc1cnc(C(F)F)cn1. The van der Waals surface area contributed by atoms with Gasteiger partial charge in [-0.2, -0.15) is 0 Å². The van der Waals surface area contributed by atoms with Crippen molar-refractivity contribution in [2.24, 2.45) is 5.73 Å². The Balaban J connectivity index is 0.000000239. The molecule has 0 amide bonds. The summed E-state index contributed by atoms with van der Waals surface area (Å²) in [5.74, 6) is 2.26. The third kappa shape index (κ3) is 15.4. The van der Waals surface area contributed by atoms with E-state index in [9.17, 15) is 26.3 Å². The van der Waals surface area contributed by atoms with Crippen LogP contribution in [0.15, 0.2) is 85.7 Å². The van der Waals surface area contributed by atoms with Crippen LogP contribution in [0.1, 0.15) is 47.5 Å². The van der Waals surface area contributed by atoms with E-state index in [4.69, 9.17) is 32.5 Å². The standard InChI is InChI=1S/C13H13F2N3O.C8H11NO.C5H3ClF2N2.C5H5F2N3/c1-19-10-4-2-9(3-5-10)6-17-12-8-16-11(7-18-12)13(14)15;1-10-8-4-2-7(6-9)3-5-8;6-4-2-9-3(1-10-4)5(7)8;6-5(7)3-1-10-4(8)2-9-3/h2-5,7-8,13H,6H2,1H3,(H,17,18);2-5H,6,9H2,1H3;1-2,5H;1-2,5H,(H2,8,10). The van der Waals surface area contributed by atoms with Gasteiger partial charge < -0.3 is 26.3 Å². The highest BCUT2D eigenvalue weighted by atomic mass is 35.5. The lowest BCUT2D eigenvalue weighted by Gasteiger charge is -2.06. The molecule has 2 aromatic carbocycles. The molecule has 0 bridgehead atoms. The van der Waals surface area contributed by atoms with Crippen molar-refractivity contribution >= 4 is 23.2 Å². The number of nitrogens with one attached hydrogen (secondary N) is 1. The molecule has 11 nitrogen and oxygen atoms in total. The van der Waals surface area contributed by atoms with Crippen LogP contribution in [0.3, 0.4) is 0 Å². The maximum absolute atomic E-state index is 12.3. The van der Waals surface area contributed by atoms with E-state index in [0.29, 0.717) is 18.9 Å². The van der Waals surface area contributed by atoms with Gasteiger partial charge in [0.1, 0.15) is 45.4 Å². The maximum Gasteiger partial charge on any atom is 0.281 e. The van der Waals surface area contributed by atoms with Gasteiger partial charge in [0, 0.05) is 13.1 Å². The number of halogens is 7. The zero-order valence-electron chi connectivity index (χ0n) is 26.0. The minimum absolute atomic E-state index is 0.115. The van der Waals surface area contributed by atoms with Crippen LogP contribution in [-0.2, 0) is 13.1 Å². The van der Waals surface area contributed by atoms with E-state index >= 15 is 0 Å². The van der Waals surface area contributed by atoms with Crippen LogP contribution in [0.2, 0.25) is 5.15 Å². The van der Waals surface area contributed by atoms with Crippen molar-refractivity contribution in [3.05, 3.63) is 119 Å². The fourth-order valence-corrected chi connectivity index (χ4v) is 3.23. The molecule has 0 aliphatic rings. The number of alkyl halides is 6. The van der Waals surface area contributed by atoms with Gasteiger partial charge in [-0.15, -0.1) is 0 Å². The predicted molar refractivity (Wildman–Crippen MR) is 172 cm³/mol. The van der Waals surface area contributed by atoms with Gasteiger partial charge in [0.25, 0.3) is 19.3 Å². The van der Waals surface area contributed by atoms with Crippen LogP contribution in [0, 0.1) is 0 Å². The molecule has 3 heterocycles. The summed E-state index contributed by atoms with van der Waals surface area (Å²) in [4.78, 5) is 21.0. The summed E-state index contributed by atoms with van der Waals surface area (Å²) in [6.07, 6.45) is -1.29. The number of hydrogen-bond acceptors (Lipinski definition) is 11. The van der Waals surface area contributed by atoms with Gasteiger partial charge in [-0.1, -0.05) is 35.9 Å². The molecule has 0 saturated carbocycles. The number of ether oxygens (including phenoxy) is 2. The molecule has 0 aliphatic carbocycles. The number of nitrogen functional groups attached to an aromatic ring is 1. The summed E-state index contributed by atoms with van der Waals surface area (Å²) in [5.41, 5.74) is 11.6. The van der Waals surface area contributed by atoms with E-state index in [1.54, 1.807) is 14.2 Å². The molecule has 0 radical (unpaired) electrons. The van der Waals surface area contributed by atoms with E-state index in [2.05, 4.69) is 35.2 Å². The number of benzene rings is 2. The summed E-state index contributed by atoms with van der Waals surface area (Å²) in [6, 6.07) is 15.2. The monoisotopic (exact) mass is 711 g/mol. The molecular formula is C31H32ClF6N9O2. The molecule has 5 aromatic rings. The van der Waals surface area contributed by atoms with Gasteiger partial charge >= 0.3 is 0 Å². The summed E-state index contributed by atoms with van der Waals surface area (Å²) < 4.78 is 81.6. The Morgan fingerprint density at radius 2 is 1.06 bits per heavy atom. The van der Waals surface area contributed by atoms with Gasteiger partial charge in [-0.05, 0) is 35.4 Å². The van der Waals surface area contributed by atoms with Crippen molar-refractivity contribution in [2.45, 2.75) is 32.4 Å². The molecule has 3 aromatic heterocycles. The smallest absolute Gasteiger partial charge is 0.281 e. The highest BCUT2D eigenvalue weighted by molar-refractivity contribution is 6.29. The van der Waals surface area contributed by atoms with E-state index in [-0.39, 0.29) is 28.1 Å². The van der Waals surface area contributed by atoms with Crippen molar-refractivity contribution < 1.29 is 35.8 Å². The minimum atomic E-state index is -2.59. The molecule has 5 N–H and O–H groups in total. The second-order valence-electron chi connectivity index (χ2n) is 9.11. The molecule has 49 heavy (non-hydrogen) atoms. The molecule has 18 heteroatoms. The molecule has 0 atom stereocenters. The van der Waals surface area contributed by atoms with Crippen molar-refractivity contribution in [2.75, 3.05) is 25.3 Å². The van der Waals surface area contributed by atoms with Crippen molar-refractivity contribution in [1.82, 2.24) is 29.9 Å². The average Bonchev–Trinajstić information content (AvgIpc) is 3.12. The second-order valence-corrected chi connectivity index (χ2v) is 9.50. The van der Waals surface area contributed by atoms with Crippen LogP contribution in [0.5, 0.6) is 11.5 Å². The van der Waals surface area contributed by atoms with Crippen LogP contribution in [0.25, 0.3) is 0 Å². The summed E-state index contributed by atoms with van der Waals surface area (Å²) >= 11 is 5.30. The highest BCUT2D eigenvalue weighted by Gasteiger charge is 2.09. The molecule has 0 spiro atoms. The Bertz CT molecular complexity index is 1530. The first-order valence-corrected chi connectivity index (χ1v) is 14.2. The first-order valence-electron chi connectivity index (χ1n) is 13.9. The normalized spacial score (nSPS) is 10.2. The Morgan fingerprint density at radius 1 is 0.612 bits per heavy atom. The maximum atomic E-state index is 12.3. The average molecular weight is 712 g/mol. The lowest BCUT2D eigenvalue weighted by molar-refractivity contribution is 0.145. The first kappa shape index (κ1) is 39.9. The van der Waals surface area contributed by atoms with Crippen molar-refractivity contribution in [3.63, 3.8) is 0 Å². The number of methoxy groups -OCH3 is 2. The first-order chi connectivity index (χ1) is 23.4. The third-order valence-electron chi connectivity index (χ3n) is 5.70. The number of hydrogen-bond donors (Lipinski definition) is 3. The molecule has 5 rings (SSSR count). The van der Waals surface area contributed by atoms with Crippen molar-refractivity contribution in [3.8, 4) is 11.5 Å². The van der Waals surface area contributed by atoms with Gasteiger partial charge in [0.2, 0.25) is 0 Å². The highest BCUT2D eigenvalue weighted by Crippen LogP contribution is 2.17. The lowest BCUT2D eigenvalue weighted by atomic mass is 10.2. The van der Waals surface area contributed by atoms with E-state index in [0.717, 1.165) is 53.6 Å². The van der Waals surface area contributed by atoms with Crippen LogP contribution in [0.4, 0.5) is 38.0 Å². The quantitative estimate of drug-likeness (QED) is 0.132. The Hall–Kier alpha value is -5.29. The summed E-state index contributed by atoms with van der Waals surface area (Å²) in [5, 5.41) is 3.12. The third-order valence-corrected chi connectivity index (χ3v) is 5.90. The van der Waals surface area contributed by atoms with Gasteiger partial charge in [0.05, 0.1) is 51.4 Å². The fraction of sp³-hybridized carbons (Fsp3) is 0.226. The van der Waals surface area contributed by atoms with Gasteiger partial charge in [-0.3, -0.25) is 4.98 Å². The van der Waals surface area contributed by atoms with Crippen LogP contribution >= 0.6 is 11.6 Å². The number of aromatic nitrogens is 6. The van der Waals surface area contributed by atoms with Crippen LogP contribution < -0.4 is 26.3 Å². The molecule has 0 fully saturated rings. The van der Waals surface area contributed by atoms with Gasteiger partial charge in [-0.25, -0.2) is 51.3 Å². The zero-order valence-corrected chi connectivity index (χ0v) is 26.8. The lowest BCUT2D eigenvalue weighted by Crippen LogP contribution is -2.03. The molecule has 0 aliphatic heterocycles. The largest absolute Gasteiger partial charge is 0.497 e.